The van der Waals surface area contributed by atoms with Crippen LogP contribution in [0.3, 0.4) is 0 Å². The number of rotatable bonds is 5. The second-order valence-corrected chi connectivity index (χ2v) is 14.1. The molecule has 0 amide bonds. The first-order valence-electron chi connectivity index (χ1n) is 15.9. The molecule has 0 saturated heterocycles. The Kier molecular flexibility index (Phi) is 6.22. The average molecular weight is 651 g/mol. The van der Waals surface area contributed by atoms with E-state index in [9.17, 15) is 0 Å². The van der Waals surface area contributed by atoms with Gasteiger partial charge in [-0.2, -0.15) is 0 Å². The molecule has 48 heavy (non-hydrogen) atoms. The van der Waals surface area contributed by atoms with E-state index in [1.807, 2.05) is 17.4 Å². The van der Waals surface area contributed by atoms with Gasteiger partial charge in [0, 0.05) is 48.2 Å². The molecule has 5 heteroatoms. The van der Waals surface area contributed by atoms with E-state index in [1.54, 1.807) is 11.3 Å². The van der Waals surface area contributed by atoms with Crippen LogP contribution in [0.1, 0.15) is 0 Å². The topological polar surface area (TPSA) is 29.3 Å². The van der Waals surface area contributed by atoms with Crippen LogP contribution < -0.4 is 4.90 Å². The molecule has 0 aliphatic carbocycles. The van der Waals surface area contributed by atoms with Gasteiger partial charge < -0.3 is 9.32 Å². The van der Waals surface area contributed by atoms with Gasteiger partial charge in [-0.25, -0.2) is 4.98 Å². The second-order valence-electron chi connectivity index (χ2n) is 12.0. The SMILES string of the molecule is c1ccc(-c2nc3c(ccc4oc5ccc(-c6ccc(N(c7ccccc7)c7ccc8sc9ccccc9c8c7)cc6)cc5c43)s2)cc1. The minimum Gasteiger partial charge on any atom is -0.456 e. The molecule has 0 bridgehead atoms. The van der Waals surface area contributed by atoms with Crippen molar-refractivity contribution in [3.05, 3.63) is 158 Å². The van der Waals surface area contributed by atoms with Crippen LogP contribution in [0.2, 0.25) is 0 Å². The lowest BCUT2D eigenvalue weighted by molar-refractivity contribution is 0.669. The first-order chi connectivity index (χ1) is 23.8. The van der Waals surface area contributed by atoms with Crippen molar-refractivity contribution in [1.29, 1.82) is 0 Å². The number of furan rings is 1. The van der Waals surface area contributed by atoms with Gasteiger partial charge in [-0.05, 0) is 83.9 Å². The van der Waals surface area contributed by atoms with E-state index in [0.29, 0.717) is 0 Å². The van der Waals surface area contributed by atoms with Crippen LogP contribution in [0.5, 0.6) is 0 Å². The molecule has 3 nitrogen and oxygen atoms in total. The van der Waals surface area contributed by atoms with Crippen molar-refractivity contribution < 1.29 is 4.42 Å². The third-order valence-electron chi connectivity index (χ3n) is 9.10. The molecule has 226 valence electrons. The molecule has 0 radical (unpaired) electrons. The molecule has 0 unspecified atom stereocenters. The Morgan fingerprint density at radius 3 is 1.96 bits per heavy atom. The maximum atomic E-state index is 6.33. The number of fused-ring (bicyclic) bond motifs is 8. The standard InChI is InChI=1S/C43H26N2OS2/c1-3-9-28(10-4-1)43-44-42-40(48-43)24-22-37-41(42)35-25-29(17-21-36(35)46-37)27-15-18-31(19-16-27)45(30-11-5-2-6-12-30)32-20-23-39-34(26-32)33-13-7-8-14-38(33)47-39/h1-26H. The molecule has 3 heterocycles. The van der Waals surface area contributed by atoms with Crippen LogP contribution in [0.15, 0.2) is 162 Å². The second kappa shape index (κ2) is 10.9. The summed E-state index contributed by atoms with van der Waals surface area (Å²) in [5.74, 6) is 0. The van der Waals surface area contributed by atoms with E-state index < -0.39 is 0 Å². The normalized spacial score (nSPS) is 11.8. The van der Waals surface area contributed by atoms with Gasteiger partial charge in [-0.15, -0.1) is 22.7 Å². The van der Waals surface area contributed by atoms with Gasteiger partial charge in [0.15, 0.2) is 0 Å². The summed E-state index contributed by atoms with van der Waals surface area (Å²) in [6.45, 7) is 0. The number of nitrogens with zero attached hydrogens (tertiary/aromatic N) is 2. The first-order valence-corrected chi connectivity index (χ1v) is 17.6. The average Bonchev–Trinajstić information content (AvgIpc) is 3.86. The lowest BCUT2D eigenvalue weighted by Crippen LogP contribution is -2.09. The van der Waals surface area contributed by atoms with E-state index >= 15 is 0 Å². The molecule has 0 N–H and O–H groups in total. The Balaban J connectivity index is 1.07. The summed E-state index contributed by atoms with van der Waals surface area (Å²) >= 11 is 3.57. The molecule has 0 saturated carbocycles. The minimum absolute atomic E-state index is 0.865. The maximum absolute atomic E-state index is 6.33. The number of para-hydroxylation sites is 1. The highest BCUT2D eigenvalue weighted by Gasteiger charge is 2.17. The van der Waals surface area contributed by atoms with Crippen LogP contribution in [0.25, 0.3) is 74.0 Å². The molecule has 0 fully saturated rings. The number of anilines is 3. The van der Waals surface area contributed by atoms with Gasteiger partial charge in [0.05, 0.1) is 15.6 Å². The maximum Gasteiger partial charge on any atom is 0.137 e. The molecule has 0 aliphatic heterocycles. The van der Waals surface area contributed by atoms with Crippen LogP contribution >= 0.6 is 22.7 Å². The van der Waals surface area contributed by atoms with Crippen LogP contribution in [0.4, 0.5) is 17.1 Å². The van der Waals surface area contributed by atoms with Gasteiger partial charge in [0.25, 0.3) is 0 Å². The Bertz CT molecular complexity index is 2780. The molecular formula is C43H26N2OS2. The fourth-order valence-corrected chi connectivity index (χ4v) is 8.88. The summed E-state index contributed by atoms with van der Waals surface area (Å²) in [6.07, 6.45) is 0. The summed E-state index contributed by atoms with van der Waals surface area (Å²) in [7, 11) is 0. The Morgan fingerprint density at radius 2 is 1.10 bits per heavy atom. The fraction of sp³-hybridized carbons (Fsp3) is 0. The molecular weight excluding hydrogens is 625 g/mol. The molecule has 10 aromatic rings. The highest BCUT2D eigenvalue weighted by atomic mass is 32.1. The number of aromatic nitrogens is 1. The van der Waals surface area contributed by atoms with Gasteiger partial charge in [-0.3, -0.25) is 0 Å². The van der Waals surface area contributed by atoms with E-state index in [-0.39, 0.29) is 0 Å². The molecule has 7 aromatic carbocycles. The quantitative estimate of drug-likeness (QED) is 0.186. The van der Waals surface area contributed by atoms with Crippen LogP contribution in [0, 0.1) is 0 Å². The Morgan fingerprint density at radius 1 is 0.438 bits per heavy atom. The highest BCUT2D eigenvalue weighted by Crippen LogP contribution is 2.42. The number of benzene rings is 7. The van der Waals surface area contributed by atoms with Crippen molar-refractivity contribution in [1.82, 2.24) is 4.98 Å². The number of hydrogen-bond donors (Lipinski definition) is 0. The molecule has 10 rings (SSSR count). The van der Waals surface area contributed by atoms with Crippen LogP contribution in [-0.2, 0) is 0 Å². The monoisotopic (exact) mass is 650 g/mol. The predicted molar refractivity (Wildman–Crippen MR) is 205 cm³/mol. The smallest absolute Gasteiger partial charge is 0.137 e. The molecule has 0 aliphatic rings. The third kappa shape index (κ3) is 4.43. The molecule has 0 atom stereocenters. The Labute approximate surface area is 284 Å². The van der Waals surface area contributed by atoms with Crippen molar-refractivity contribution in [2.75, 3.05) is 4.90 Å². The lowest BCUT2D eigenvalue weighted by Gasteiger charge is -2.25. The van der Waals surface area contributed by atoms with E-state index in [0.717, 1.165) is 70.9 Å². The summed E-state index contributed by atoms with van der Waals surface area (Å²) in [5.41, 5.74) is 9.53. The summed E-state index contributed by atoms with van der Waals surface area (Å²) in [6, 6.07) is 56.1. The molecule has 0 spiro atoms. The van der Waals surface area contributed by atoms with Crippen molar-refractivity contribution >= 4 is 92.1 Å². The number of thiazole rings is 1. The number of hydrogen-bond acceptors (Lipinski definition) is 5. The summed E-state index contributed by atoms with van der Waals surface area (Å²) in [4.78, 5) is 7.45. The van der Waals surface area contributed by atoms with Crippen molar-refractivity contribution in [2.24, 2.45) is 0 Å². The third-order valence-corrected chi connectivity index (χ3v) is 11.3. The lowest BCUT2D eigenvalue weighted by atomic mass is 10.0. The van der Waals surface area contributed by atoms with Crippen LogP contribution in [-0.4, -0.2) is 4.98 Å². The van der Waals surface area contributed by atoms with Crippen molar-refractivity contribution in [2.45, 2.75) is 0 Å². The van der Waals surface area contributed by atoms with Gasteiger partial charge >= 0.3 is 0 Å². The van der Waals surface area contributed by atoms with E-state index in [2.05, 4.69) is 157 Å². The summed E-state index contributed by atoms with van der Waals surface area (Å²) < 4.78 is 10.1. The van der Waals surface area contributed by atoms with Crippen molar-refractivity contribution in [3.63, 3.8) is 0 Å². The zero-order valence-corrected chi connectivity index (χ0v) is 27.3. The highest BCUT2D eigenvalue weighted by molar-refractivity contribution is 7.25. The fourth-order valence-electron chi connectivity index (χ4n) is 6.82. The summed E-state index contributed by atoms with van der Waals surface area (Å²) in [5, 5.41) is 5.77. The van der Waals surface area contributed by atoms with Gasteiger partial charge in [0.2, 0.25) is 0 Å². The zero-order chi connectivity index (χ0) is 31.6. The zero-order valence-electron chi connectivity index (χ0n) is 25.6. The Hall–Kier alpha value is -5.75. The van der Waals surface area contributed by atoms with E-state index in [4.69, 9.17) is 9.40 Å². The van der Waals surface area contributed by atoms with Crippen molar-refractivity contribution in [3.8, 4) is 21.7 Å². The predicted octanol–water partition coefficient (Wildman–Crippen LogP) is 13.4. The first kappa shape index (κ1) is 27.4. The van der Waals surface area contributed by atoms with Gasteiger partial charge in [-0.1, -0.05) is 84.9 Å². The molecule has 3 aromatic heterocycles. The van der Waals surface area contributed by atoms with E-state index in [1.165, 1.54) is 20.2 Å². The minimum atomic E-state index is 0.865. The number of thiophene rings is 1. The largest absolute Gasteiger partial charge is 0.456 e. The van der Waals surface area contributed by atoms with Gasteiger partial charge in [0.1, 0.15) is 16.2 Å².